The molecular formula is C13H10BrCl2FN2O. The van der Waals surface area contributed by atoms with Gasteiger partial charge in [-0.1, -0.05) is 23.2 Å². The van der Waals surface area contributed by atoms with Crippen molar-refractivity contribution >= 4 is 44.9 Å². The van der Waals surface area contributed by atoms with Crippen LogP contribution < -0.4 is 10.1 Å². The molecular weight excluding hydrogens is 370 g/mol. The van der Waals surface area contributed by atoms with Crippen LogP contribution in [0.1, 0.15) is 6.92 Å². The second-order valence-corrected chi connectivity index (χ2v) is 5.48. The Kier molecular flexibility index (Phi) is 5.07. The van der Waals surface area contributed by atoms with E-state index in [9.17, 15) is 4.39 Å². The summed E-state index contributed by atoms with van der Waals surface area (Å²) in [6, 6.07) is 5.61. The van der Waals surface area contributed by atoms with E-state index in [-0.39, 0.29) is 16.7 Å². The van der Waals surface area contributed by atoms with Gasteiger partial charge in [0, 0.05) is 6.54 Å². The molecule has 0 saturated heterocycles. The molecule has 20 heavy (non-hydrogen) atoms. The minimum atomic E-state index is -0.368. The highest BCUT2D eigenvalue weighted by Crippen LogP contribution is 2.36. The first-order valence-corrected chi connectivity index (χ1v) is 7.29. The number of halogens is 4. The van der Waals surface area contributed by atoms with Crippen LogP contribution in [0.25, 0.3) is 0 Å². The summed E-state index contributed by atoms with van der Waals surface area (Å²) >= 11 is 15.3. The standard InChI is InChI=1S/C13H10BrCl2FN2O/c1-2-18-12-9(15)6-10(16)13(19-12)20-11-4-3-7(17)5-8(11)14/h3-6H,2H2,1H3,(H,18,19). The van der Waals surface area contributed by atoms with Gasteiger partial charge in [-0.3, -0.25) is 0 Å². The zero-order valence-electron chi connectivity index (χ0n) is 10.4. The van der Waals surface area contributed by atoms with Gasteiger partial charge in [0.25, 0.3) is 0 Å². The van der Waals surface area contributed by atoms with Gasteiger partial charge >= 0.3 is 0 Å². The number of rotatable bonds is 4. The Morgan fingerprint density at radius 1 is 1.30 bits per heavy atom. The minimum absolute atomic E-state index is 0.194. The summed E-state index contributed by atoms with van der Waals surface area (Å²) in [5.41, 5.74) is 0. The predicted octanol–water partition coefficient (Wildman–Crippen LogP) is 5.51. The predicted molar refractivity (Wildman–Crippen MR) is 82.6 cm³/mol. The van der Waals surface area contributed by atoms with Crippen LogP contribution >= 0.6 is 39.1 Å². The van der Waals surface area contributed by atoms with E-state index >= 15 is 0 Å². The van der Waals surface area contributed by atoms with Crippen molar-refractivity contribution in [3.63, 3.8) is 0 Å². The number of nitrogens with zero attached hydrogens (tertiary/aromatic N) is 1. The molecule has 0 saturated carbocycles. The van der Waals surface area contributed by atoms with Crippen LogP contribution in [-0.2, 0) is 0 Å². The van der Waals surface area contributed by atoms with Crippen molar-refractivity contribution in [2.45, 2.75) is 6.92 Å². The zero-order chi connectivity index (χ0) is 14.7. The van der Waals surface area contributed by atoms with Crippen molar-refractivity contribution in [3.8, 4) is 11.6 Å². The number of hydrogen-bond donors (Lipinski definition) is 1. The number of ether oxygens (including phenoxy) is 1. The fraction of sp³-hybridized carbons (Fsp3) is 0.154. The first kappa shape index (κ1) is 15.4. The molecule has 0 aliphatic carbocycles. The Morgan fingerprint density at radius 2 is 2.05 bits per heavy atom. The Labute approximate surface area is 134 Å². The lowest BCUT2D eigenvalue weighted by Crippen LogP contribution is -2.01. The van der Waals surface area contributed by atoms with Crippen molar-refractivity contribution < 1.29 is 9.13 Å². The van der Waals surface area contributed by atoms with Crippen molar-refractivity contribution in [3.05, 3.63) is 44.6 Å². The van der Waals surface area contributed by atoms with Crippen LogP contribution in [0.3, 0.4) is 0 Å². The van der Waals surface area contributed by atoms with Gasteiger partial charge in [-0.2, -0.15) is 4.98 Å². The molecule has 0 aliphatic heterocycles. The highest BCUT2D eigenvalue weighted by molar-refractivity contribution is 9.10. The van der Waals surface area contributed by atoms with Gasteiger partial charge in [0.05, 0.1) is 9.50 Å². The van der Waals surface area contributed by atoms with Gasteiger partial charge in [-0.25, -0.2) is 4.39 Å². The summed E-state index contributed by atoms with van der Waals surface area (Å²) in [5, 5.41) is 3.68. The van der Waals surface area contributed by atoms with Gasteiger partial charge in [0.2, 0.25) is 5.88 Å². The van der Waals surface area contributed by atoms with Gasteiger partial charge in [0.15, 0.2) is 0 Å². The summed E-state index contributed by atoms with van der Waals surface area (Å²) < 4.78 is 19.1. The highest BCUT2D eigenvalue weighted by atomic mass is 79.9. The van der Waals surface area contributed by atoms with E-state index < -0.39 is 0 Å². The average Bonchev–Trinajstić information content (AvgIpc) is 2.38. The summed E-state index contributed by atoms with van der Waals surface area (Å²) in [5.74, 6) is 0.712. The van der Waals surface area contributed by atoms with E-state index in [1.54, 1.807) is 6.07 Å². The lowest BCUT2D eigenvalue weighted by Gasteiger charge is -2.11. The van der Waals surface area contributed by atoms with Crippen molar-refractivity contribution in [1.29, 1.82) is 0 Å². The molecule has 0 unspecified atom stereocenters. The molecule has 0 atom stereocenters. The normalized spacial score (nSPS) is 10.4. The number of hydrogen-bond acceptors (Lipinski definition) is 3. The van der Waals surface area contributed by atoms with Crippen LogP contribution in [0.15, 0.2) is 28.7 Å². The second kappa shape index (κ2) is 6.61. The monoisotopic (exact) mass is 378 g/mol. The quantitative estimate of drug-likeness (QED) is 0.759. The molecule has 7 heteroatoms. The molecule has 1 N–H and O–H groups in total. The third kappa shape index (κ3) is 3.53. The number of pyridine rings is 1. The van der Waals surface area contributed by atoms with Crippen LogP contribution in [-0.4, -0.2) is 11.5 Å². The summed E-state index contributed by atoms with van der Waals surface area (Å²) in [7, 11) is 0. The molecule has 106 valence electrons. The van der Waals surface area contributed by atoms with Crippen LogP contribution in [0.5, 0.6) is 11.6 Å². The molecule has 0 spiro atoms. The average molecular weight is 380 g/mol. The summed E-state index contributed by atoms with van der Waals surface area (Å²) in [6.07, 6.45) is 0. The topological polar surface area (TPSA) is 34.2 Å². The van der Waals surface area contributed by atoms with E-state index in [2.05, 4.69) is 26.2 Å². The molecule has 0 bridgehead atoms. The molecule has 0 radical (unpaired) electrons. The molecule has 0 fully saturated rings. The third-order valence-electron chi connectivity index (χ3n) is 2.34. The van der Waals surface area contributed by atoms with Crippen molar-refractivity contribution in [1.82, 2.24) is 4.98 Å². The van der Waals surface area contributed by atoms with Gasteiger partial charge in [-0.15, -0.1) is 0 Å². The maximum Gasteiger partial charge on any atom is 0.240 e. The lowest BCUT2D eigenvalue weighted by molar-refractivity contribution is 0.459. The van der Waals surface area contributed by atoms with Gasteiger partial charge in [0.1, 0.15) is 22.4 Å². The molecule has 0 aliphatic rings. The van der Waals surface area contributed by atoms with Crippen LogP contribution in [0.4, 0.5) is 10.2 Å². The molecule has 1 aromatic heterocycles. The maximum atomic E-state index is 13.0. The second-order valence-electron chi connectivity index (χ2n) is 3.81. The van der Waals surface area contributed by atoms with Crippen molar-refractivity contribution in [2.24, 2.45) is 0 Å². The number of benzene rings is 1. The Morgan fingerprint density at radius 3 is 2.70 bits per heavy atom. The smallest absolute Gasteiger partial charge is 0.240 e. The van der Waals surface area contributed by atoms with E-state index in [0.29, 0.717) is 27.6 Å². The number of anilines is 1. The first-order valence-electron chi connectivity index (χ1n) is 5.74. The molecule has 3 nitrogen and oxygen atoms in total. The van der Waals surface area contributed by atoms with E-state index in [0.717, 1.165) is 0 Å². The fourth-order valence-corrected chi connectivity index (χ4v) is 2.37. The Bertz CT molecular complexity index is 640. The zero-order valence-corrected chi connectivity index (χ0v) is 13.5. The van der Waals surface area contributed by atoms with Crippen LogP contribution in [0, 0.1) is 5.82 Å². The molecule has 2 rings (SSSR count). The van der Waals surface area contributed by atoms with Gasteiger partial charge in [-0.05, 0) is 47.1 Å². The highest BCUT2D eigenvalue weighted by Gasteiger charge is 2.12. The summed E-state index contributed by atoms with van der Waals surface area (Å²) in [4.78, 5) is 4.21. The number of nitrogens with one attached hydrogen (secondary N) is 1. The Balaban J connectivity index is 2.35. The first-order chi connectivity index (χ1) is 9.51. The fourth-order valence-electron chi connectivity index (χ4n) is 1.47. The molecule has 0 amide bonds. The molecule has 1 heterocycles. The van der Waals surface area contributed by atoms with Crippen molar-refractivity contribution in [2.75, 3.05) is 11.9 Å². The van der Waals surface area contributed by atoms with Crippen LogP contribution in [0.2, 0.25) is 10.0 Å². The number of aromatic nitrogens is 1. The van der Waals surface area contributed by atoms with E-state index in [1.807, 2.05) is 6.92 Å². The Hall–Kier alpha value is -1.04. The van der Waals surface area contributed by atoms with E-state index in [4.69, 9.17) is 27.9 Å². The third-order valence-corrected chi connectivity index (χ3v) is 3.52. The maximum absolute atomic E-state index is 13.0. The molecule has 1 aromatic carbocycles. The molecule has 2 aromatic rings. The SMILES string of the molecule is CCNc1nc(Oc2ccc(F)cc2Br)c(Cl)cc1Cl. The lowest BCUT2D eigenvalue weighted by atomic mass is 10.3. The minimum Gasteiger partial charge on any atom is -0.436 e. The largest absolute Gasteiger partial charge is 0.436 e. The van der Waals surface area contributed by atoms with Gasteiger partial charge < -0.3 is 10.1 Å². The van der Waals surface area contributed by atoms with E-state index in [1.165, 1.54) is 18.2 Å². The summed E-state index contributed by atoms with van der Waals surface area (Å²) in [6.45, 7) is 2.58.